The molecule has 0 bridgehead atoms. The molecule has 1 aromatic carbocycles. The molecule has 0 aliphatic heterocycles. The van der Waals surface area contributed by atoms with Crippen molar-refractivity contribution in [1.82, 2.24) is 5.32 Å². The fraction of sp³-hybridized carbons (Fsp3) is 0.571. The van der Waals surface area contributed by atoms with E-state index < -0.39 is 23.5 Å². The number of aliphatic hydroxyl groups excluding tert-OH is 1. The largest absolute Gasteiger partial charge is 0.418 e. The fourth-order valence-corrected chi connectivity index (χ4v) is 2.82. The number of rotatable bonds is 4. The second-order valence-electron chi connectivity index (χ2n) is 5.37. The fourth-order valence-electron chi connectivity index (χ4n) is 2.59. The molecule has 21 heavy (non-hydrogen) atoms. The molecule has 118 valence electrons. The van der Waals surface area contributed by atoms with Gasteiger partial charge in [0.15, 0.2) is 0 Å². The van der Waals surface area contributed by atoms with Gasteiger partial charge in [-0.25, -0.2) is 0 Å². The number of anilines is 1. The number of benzene rings is 1. The van der Waals surface area contributed by atoms with Crippen molar-refractivity contribution in [2.75, 3.05) is 12.3 Å². The monoisotopic (exact) mass is 322 g/mol. The van der Waals surface area contributed by atoms with Crippen molar-refractivity contribution in [1.29, 1.82) is 0 Å². The Hall–Kier alpha value is -0.980. The van der Waals surface area contributed by atoms with Crippen molar-refractivity contribution in [3.63, 3.8) is 0 Å². The first-order valence-corrected chi connectivity index (χ1v) is 7.24. The number of nitrogens with one attached hydrogen (secondary N) is 1. The number of halogens is 4. The Balaban J connectivity index is 2.13. The number of alkyl halides is 3. The standard InChI is InChI=1S/C14H18ClF3N2O/c15-11-6-8(5-10(13(11)19)14(16,17)18)12(21)7-20-9-3-1-2-4-9/h5-6,9,12,20-21H,1-4,7,19H2. The van der Waals surface area contributed by atoms with E-state index in [1.54, 1.807) is 0 Å². The van der Waals surface area contributed by atoms with Crippen LogP contribution < -0.4 is 11.1 Å². The molecule has 0 amide bonds. The molecular formula is C14H18ClF3N2O. The maximum absolute atomic E-state index is 12.9. The predicted molar refractivity (Wildman–Crippen MR) is 76.1 cm³/mol. The highest BCUT2D eigenvalue weighted by molar-refractivity contribution is 6.33. The van der Waals surface area contributed by atoms with Gasteiger partial charge in [0.2, 0.25) is 0 Å². The van der Waals surface area contributed by atoms with Gasteiger partial charge in [-0.05, 0) is 30.5 Å². The van der Waals surface area contributed by atoms with Crippen molar-refractivity contribution >= 4 is 17.3 Å². The van der Waals surface area contributed by atoms with Gasteiger partial charge < -0.3 is 16.2 Å². The molecule has 0 spiro atoms. The van der Waals surface area contributed by atoms with Gasteiger partial charge in [0.05, 0.1) is 22.4 Å². The summed E-state index contributed by atoms with van der Waals surface area (Å²) in [5.41, 5.74) is 3.96. The highest BCUT2D eigenvalue weighted by Gasteiger charge is 2.34. The molecule has 0 radical (unpaired) electrons. The summed E-state index contributed by atoms with van der Waals surface area (Å²) < 4.78 is 38.6. The number of nitrogen functional groups attached to an aromatic ring is 1. The van der Waals surface area contributed by atoms with Crippen molar-refractivity contribution in [3.05, 3.63) is 28.3 Å². The molecule has 1 unspecified atom stereocenters. The molecule has 1 aliphatic rings. The smallest absolute Gasteiger partial charge is 0.397 e. The summed E-state index contributed by atoms with van der Waals surface area (Å²) in [5, 5.41) is 13.0. The number of hydrogen-bond donors (Lipinski definition) is 3. The molecule has 1 atom stereocenters. The van der Waals surface area contributed by atoms with E-state index in [9.17, 15) is 18.3 Å². The lowest BCUT2D eigenvalue weighted by atomic mass is 10.0. The average Bonchev–Trinajstić information content (AvgIpc) is 2.90. The van der Waals surface area contributed by atoms with E-state index in [0.29, 0.717) is 6.04 Å². The van der Waals surface area contributed by atoms with Crippen molar-refractivity contribution in [2.24, 2.45) is 0 Å². The molecule has 1 aromatic rings. The lowest BCUT2D eigenvalue weighted by Crippen LogP contribution is -2.30. The summed E-state index contributed by atoms with van der Waals surface area (Å²) in [4.78, 5) is 0. The van der Waals surface area contributed by atoms with Crippen LogP contribution in [0.25, 0.3) is 0 Å². The van der Waals surface area contributed by atoms with Crippen LogP contribution in [-0.4, -0.2) is 17.7 Å². The van der Waals surface area contributed by atoms with Crippen LogP contribution in [0.15, 0.2) is 12.1 Å². The van der Waals surface area contributed by atoms with Crippen LogP contribution in [0.4, 0.5) is 18.9 Å². The van der Waals surface area contributed by atoms with Gasteiger partial charge in [0.1, 0.15) is 0 Å². The highest BCUT2D eigenvalue weighted by Crippen LogP contribution is 2.38. The summed E-state index contributed by atoms with van der Waals surface area (Å²) in [6.45, 7) is 0.197. The van der Waals surface area contributed by atoms with Crippen LogP contribution in [0, 0.1) is 0 Å². The minimum Gasteiger partial charge on any atom is -0.397 e. The van der Waals surface area contributed by atoms with E-state index in [0.717, 1.165) is 31.7 Å². The Bertz CT molecular complexity index is 502. The van der Waals surface area contributed by atoms with Crippen LogP contribution >= 0.6 is 11.6 Å². The zero-order chi connectivity index (χ0) is 15.6. The lowest BCUT2D eigenvalue weighted by molar-refractivity contribution is -0.137. The molecular weight excluding hydrogens is 305 g/mol. The molecule has 0 aromatic heterocycles. The van der Waals surface area contributed by atoms with Gasteiger partial charge in [-0.3, -0.25) is 0 Å². The Labute approximate surface area is 126 Å². The second-order valence-corrected chi connectivity index (χ2v) is 5.77. The van der Waals surface area contributed by atoms with Crippen LogP contribution in [0.5, 0.6) is 0 Å². The van der Waals surface area contributed by atoms with Gasteiger partial charge in [0.25, 0.3) is 0 Å². The number of nitrogens with two attached hydrogens (primary N) is 1. The summed E-state index contributed by atoms with van der Waals surface area (Å²) >= 11 is 5.74. The zero-order valence-electron chi connectivity index (χ0n) is 11.4. The summed E-state index contributed by atoms with van der Waals surface area (Å²) in [6.07, 6.45) is -1.31. The minimum atomic E-state index is -4.59. The van der Waals surface area contributed by atoms with Crippen molar-refractivity contribution in [3.8, 4) is 0 Å². The topological polar surface area (TPSA) is 58.3 Å². The number of hydrogen-bond acceptors (Lipinski definition) is 3. The van der Waals surface area contributed by atoms with Crippen LogP contribution in [0.2, 0.25) is 5.02 Å². The Morgan fingerprint density at radius 2 is 1.95 bits per heavy atom. The zero-order valence-corrected chi connectivity index (χ0v) is 12.1. The molecule has 7 heteroatoms. The molecule has 1 aliphatic carbocycles. The highest BCUT2D eigenvalue weighted by atomic mass is 35.5. The first-order valence-electron chi connectivity index (χ1n) is 6.86. The van der Waals surface area contributed by atoms with Crippen LogP contribution in [0.1, 0.15) is 42.9 Å². The van der Waals surface area contributed by atoms with Gasteiger partial charge in [-0.1, -0.05) is 24.4 Å². The first-order chi connectivity index (χ1) is 9.79. The number of aliphatic hydroxyl groups is 1. The second kappa shape index (κ2) is 6.42. The van der Waals surface area contributed by atoms with Crippen molar-refractivity contribution < 1.29 is 18.3 Å². The van der Waals surface area contributed by atoms with Crippen molar-refractivity contribution in [2.45, 2.75) is 44.0 Å². The normalized spacial score (nSPS) is 18.1. The summed E-state index contributed by atoms with van der Waals surface area (Å²) in [7, 11) is 0. The maximum Gasteiger partial charge on any atom is 0.418 e. The average molecular weight is 323 g/mol. The maximum atomic E-state index is 12.9. The third kappa shape index (κ3) is 4.02. The SMILES string of the molecule is Nc1c(Cl)cc(C(O)CNC2CCCC2)cc1C(F)(F)F. The molecule has 2 rings (SSSR count). The minimum absolute atomic E-state index is 0.118. The third-order valence-electron chi connectivity index (χ3n) is 3.80. The summed E-state index contributed by atoms with van der Waals surface area (Å²) in [5.74, 6) is 0. The summed E-state index contributed by atoms with van der Waals surface area (Å²) in [6, 6.07) is 2.47. The van der Waals surface area contributed by atoms with E-state index in [1.807, 2.05) is 0 Å². The molecule has 1 saturated carbocycles. The van der Waals surface area contributed by atoms with E-state index in [2.05, 4.69) is 5.32 Å². The third-order valence-corrected chi connectivity index (χ3v) is 4.11. The Morgan fingerprint density at radius 1 is 1.33 bits per heavy atom. The molecule has 0 heterocycles. The lowest BCUT2D eigenvalue weighted by Gasteiger charge is -2.19. The van der Waals surface area contributed by atoms with Crippen LogP contribution in [-0.2, 0) is 6.18 Å². The predicted octanol–water partition coefficient (Wildman–Crippen LogP) is 3.51. The molecule has 0 saturated heterocycles. The van der Waals surface area contributed by atoms with Crippen LogP contribution in [0.3, 0.4) is 0 Å². The Morgan fingerprint density at radius 3 is 2.52 bits per heavy atom. The van der Waals surface area contributed by atoms with Gasteiger partial charge in [-0.15, -0.1) is 0 Å². The van der Waals surface area contributed by atoms with Gasteiger partial charge >= 0.3 is 6.18 Å². The Kier molecular flexibility index (Phi) is 5.01. The van der Waals surface area contributed by atoms with E-state index in [1.165, 1.54) is 6.07 Å². The molecule has 1 fully saturated rings. The quantitative estimate of drug-likeness (QED) is 0.744. The molecule has 3 nitrogen and oxygen atoms in total. The molecule has 4 N–H and O–H groups in total. The van der Waals surface area contributed by atoms with Gasteiger partial charge in [-0.2, -0.15) is 13.2 Å². The first kappa shape index (κ1) is 16.4. The van der Waals surface area contributed by atoms with E-state index >= 15 is 0 Å². The van der Waals surface area contributed by atoms with Gasteiger partial charge in [0, 0.05) is 12.6 Å². The van der Waals surface area contributed by atoms with E-state index in [-0.39, 0.29) is 17.1 Å². The van der Waals surface area contributed by atoms with E-state index in [4.69, 9.17) is 17.3 Å².